The lowest BCUT2D eigenvalue weighted by molar-refractivity contribution is -0.275. The molecule has 1 aromatic rings. The van der Waals surface area contributed by atoms with E-state index in [1.54, 1.807) is 0 Å². The van der Waals surface area contributed by atoms with E-state index < -0.39 is 30.8 Å². The maximum Gasteiger partial charge on any atom is 0.573 e. The number of benzene rings is 1. The second kappa shape index (κ2) is 5.75. The molecule has 0 N–H and O–H groups in total. The Labute approximate surface area is 117 Å². The van der Waals surface area contributed by atoms with Crippen molar-refractivity contribution in [3.05, 3.63) is 29.8 Å². The number of rotatable bonds is 3. The van der Waals surface area contributed by atoms with Crippen LogP contribution >= 0.6 is 0 Å². The first-order valence-corrected chi connectivity index (χ1v) is 6.19. The third-order valence-electron chi connectivity index (χ3n) is 3.20. The molecule has 0 aliphatic carbocycles. The first-order valence-electron chi connectivity index (χ1n) is 6.19. The first-order chi connectivity index (χ1) is 9.64. The summed E-state index contributed by atoms with van der Waals surface area (Å²) in [5.74, 6) is -0.817. The Balaban J connectivity index is 2.09. The zero-order chi connectivity index (χ0) is 15.7. The fraction of sp³-hybridized carbons (Fsp3) is 0.538. The summed E-state index contributed by atoms with van der Waals surface area (Å²) < 4.78 is 77.8. The van der Waals surface area contributed by atoms with Gasteiger partial charge in [-0.15, -0.1) is 13.2 Å². The van der Waals surface area contributed by atoms with Gasteiger partial charge in [0.2, 0.25) is 0 Å². The summed E-state index contributed by atoms with van der Waals surface area (Å²) in [6, 6.07) is 6.36. The molecule has 0 aromatic heterocycles. The molecule has 8 heteroatoms. The SMILES string of the molecule is FC(F)(F)CN1CC[C@H](c2cc[c]cc2OC(F)(F)F)C1. The molecule has 0 bridgehead atoms. The highest BCUT2D eigenvalue weighted by Gasteiger charge is 2.37. The van der Waals surface area contributed by atoms with Gasteiger partial charge in [-0.3, -0.25) is 4.90 Å². The van der Waals surface area contributed by atoms with Crippen LogP contribution in [0, 0.1) is 6.07 Å². The zero-order valence-corrected chi connectivity index (χ0v) is 10.8. The van der Waals surface area contributed by atoms with Gasteiger partial charge in [-0.2, -0.15) is 13.2 Å². The van der Waals surface area contributed by atoms with E-state index in [-0.39, 0.29) is 18.7 Å². The monoisotopic (exact) mass is 312 g/mol. The van der Waals surface area contributed by atoms with Crippen LogP contribution in [0.3, 0.4) is 0 Å². The van der Waals surface area contributed by atoms with Crippen LogP contribution < -0.4 is 4.74 Å². The highest BCUT2D eigenvalue weighted by molar-refractivity contribution is 5.36. The van der Waals surface area contributed by atoms with Gasteiger partial charge in [0.25, 0.3) is 0 Å². The topological polar surface area (TPSA) is 12.5 Å². The first kappa shape index (κ1) is 15.9. The van der Waals surface area contributed by atoms with Crippen molar-refractivity contribution in [2.24, 2.45) is 0 Å². The summed E-state index contributed by atoms with van der Waals surface area (Å²) in [5.41, 5.74) is 0.260. The van der Waals surface area contributed by atoms with Crippen molar-refractivity contribution in [3.63, 3.8) is 0 Å². The number of ether oxygens (including phenoxy) is 1. The standard InChI is InChI=1S/C13H12F6NO/c14-12(15,16)8-20-6-5-9(7-20)10-3-1-2-4-11(10)21-13(17,18)19/h1,3-4,9H,5-8H2/t9-/m0/s1. The predicted octanol–water partition coefficient (Wildman–Crippen LogP) is 3.74. The Bertz CT molecular complexity index is 484. The molecule has 1 atom stereocenters. The Hall–Kier alpha value is -1.44. The van der Waals surface area contributed by atoms with Crippen molar-refractivity contribution in [1.29, 1.82) is 0 Å². The Morgan fingerprint density at radius 2 is 1.95 bits per heavy atom. The van der Waals surface area contributed by atoms with Crippen LogP contribution in [0.5, 0.6) is 5.75 Å². The van der Waals surface area contributed by atoms with Gasteiger partial charge < -0.3 is 4.74 Å². The Morgan fingerprint density at radius 3 is 2.57 bits per heavy atom. The highest BCUT2D eigenvalue weighted by atomic mass is 19.4. The lowest BCUT2D eigenvalue weighted by atomic mass is 9.97. The molecule has 117 valence electrons. The van der Waals surface area contributed by atoms with Gasteiger partial charge >= 0.3 is 12.5 Å². The second-order valence-corrected chi connectivity index (χ2v) is 4.85. The quantitative estimate of drug-likeness (QED) is 0.789. The van der Waals surface area contributed by atoms with Gasteiger partial charge in [0.05, 0.1) is 6.54 Å². The number of likely N-dealkylation sites (tertiary alicyclic amines) is 1. The van der Waals surface area contributed by atoms with Gasteiger partial charge in [0, 0.05) is 12.5 Å². The third-order valence-corrected chi connectivity index (χ3v) is 3.20. The molecule has 2 rings (SSSR count). The van der Waals surface area contributed by atoms with Crippen LogP contribution in [-0.4, -0.2) is 37.1 Å². The van der Waals surface area contributed by atoms with E-state index in [1.807, 2.05) is 0 Å². The fourth-order valence-corrected chi connectivity index (χ4v) is 2.46. The van der Waals surface area contributed by atoms with Gasteiger partial charge in [-0.05, 0) is 30.7 Å². The van der Waals surface area contributed by atoms with Gasteiger partial charge in [0.1, 0.15) is 5.75 Å². The van der Waals surface area contributed by atoms with Crippen molar-refractivity contribution in [1.82, 2.24) is 4.90 Å². The van der Waals surface area contributed by atoms with E-state index in [9.17, 15) is 26.3 Å². The lowest BCUT2D eigenvalue weighted by Gasteiger charge is -2.19. The lowest BCUT2D eigenvalue weighted by Crippen LogP contribution is -2.32. The minimum Gasteiger partial charge on any atom is -0.405 e. The molecule has 0 unspecified atom stereocenters. The molecule has 1 fully saturated rings. The van der Waals surface area contributed by atoms with Gasteiger partial charge in [0.15, 0.2) is 0 Å². The molecular weight excluding hydrogens is 300 g/mol. The van der Waals surface area contributed by atoms with E-state index >= 15 is 0 Å². The number of hydrogen-bond donors (Lipinski definition) is 0. The highest BCUT2D eigenvalue weighted by Crippen LogP contribution is 2.36. The van der Waals surface area contributed by atoms with Gasteiger partial charge in [-0.1, -0.05) is 12.1 Å². The number of hydrogen-bond acceptors (Lipinski definition) is 2. The second-order valence-electron chi connectivity index (χ2n) is 4.85. The molecule has 21 heavy (non-hydrogen) atoms. The summed E-state index contributed by atoms with van der Waals surface area (Å²) >= 11 is 0. The van der Waals surface area contributed by atoms with Crippen LogP contribution in [0.1, 0.15) is 17.9 Å². The molecule has 1 heterocycles. The van der Waals surface area contributed by atoms with Crippen molar-refractivity contribution in [2.75, 3.05) is 19.6 Å². The zero-order valence-electron chi connectivity index (χ0n) is 10.8. The molecule has 1 aliphatic heterocycles. The maximum atomic E-state index is 12.3. The molecule has 1 radical (unpaired) electrons. The molecule has 2 nitrogen and oxygen atoms in total. The average Bonchev–Trinajstić information content (AvgIpc) is 2.73. The molecular formula is C13H12F6NO. The number of alkyl halides is 6. The molecule has 1 aromatic carbocycles. The molecule has 0 amide bonds. The summed E-state index contributed by atoms with van der Waals surface area (Å²) in [6.45, 7) is -0.816. The predicted molar refractivity (Wildman–Crippen MR) is 61.8 cm³/mol. The minimum atomic E-state index is -4.84. The van der Waals surface area contributed by atoms with Crippen LogP contribution in [0.15, 0.2) is 18.2 Å². The average molecular weight is 312 g/mol. The van der Waals surface area contributed by atoms with Crippen molar-refractivity contribution < 1.29 is 31.1 Å². The largest absolute Gasteiger partial charge is 0.573 e. The van der Waals surface area contributed by atoms with E-state index in [0.29, 0.717) is 6.42 Å². The summed E-state index contributed by atoms with van der Waals surface area (Å²) in [6.07, 6.45) is -8.80. The van der Waals surface area contributed by atoms with E-state index in [1.165, 1.54) is 17.0 Å². The summed E-state index contributed by atoms with van der Waals surface area (Å²) in [5, 5.41) is 0. The Kier molecular flexibility index (Phi) is 4.36. The number of nitrogens with zero attached hydrogens (tertiary/aromatic N) is 1. The minimum absolute atomic E-state index is 0.0533. The smallest absolute Gasteiger partial charge is 0.405 e. The van der Waals surface area contributed by atoms with E-state index in [2.05, 4.69) is 10.8 Å². The van der Waals surface area contributed by atoms with Crippen LogP contribution in [0.25, 0.3) is 0 Å². The van der Waals surface area contributed by atoms with E-state index in [0.717, 1.165) is 6.07 Å². The fourth-order valence-electron chi connectivity index (χ4n) is 2.46. The van der Waals surface area contributed by atoms with Crippen molar-refractivity contribution in [2.45, 2.75) is 24.9 Å². The molecule has 0 saturated carbocycles. The van der Waals surface area contributed by atoms with Crippen LogP contribution in [-0.2, 0) is 0 Å². The Morgan fingerprint density at radius 1 is 1.24 bits per heavy atom. The van der Waals surface area contributed by atoms with Crippen molar-refractivity contribution in [3.8, 4) is 5.75 Å². The third kappa shape index (κ3) is 4.80. The van der Waals surface area contributed by atoms with Crippen LogP contribution in [0.2, 0.25) is 0 Å². The molecule has 0 spiro atoms. The van der Waals surface area contributed by atoms with Gasteiger partial charge in [-0.25, -0.2) is 0 Å². The van der Waals surface area contributed by atoms with Crippen molar-refractivity contribution >= 4 is 0 Å². The van der Waals surface area contributed by atoms with Crippen LogP contribution in [0.4, 0.5) is 26.3 Å². The molecule has 1 saturated heterocycles. The summed E-state index contributed by atoms with van der Waals surface area (Å²) in [4.78, 5) is 1.18. The maximum absolute atomic E-state index is 12.3. The molecule has 1 aliphatic rings. The van der Waals surface area contributed by atoms with E-state index in [4.69, 9.17) is 0 Å². The normalized spacial score (nSPS) is 20.8. The summed E-state index contributed by atoms with van der Waals surface area (Å²) in [7, 11) is 0. The number of halogens is 6.